The molecule has 0 saturated carbocycles. The summed E-state index contributed by atoms with van der Waals surface area (Å²) >= 11 is 0. The molecule has 1 N–H and O–H groups in total. The Balaban J connectivity index is 3.26. The first-order chi connectivity index (χ1) is 4.16. The standard InChI is InChI=1S/C7H15NO/c1-4-8-6(2)5-7(3)9/h6,8H,4-5H2,1-3H3. The van der Waals surface area contributed by atoms with Crippen LogP contribution in [0.1, 0.15) is 27.2 Å². The molecular formula is C7H15NO. The number of Topliss-reactive ketones (excluding diaryl/α,β-unsaturated/α-hetero) is 1. The molecule has 0 radical (unpaired) electrons. The Bertz CT molecular complexity index is 90.9. The monoisotopic (exact) mass is 129 g/mol. The third kappa shape index (κ3) is 5.50. The third-order valence-electron chi connectivity index (χ3n) is 1.15. The number of nitrogens with one attached hydrogen (secondary N) is 1. The quantitative estimate of drug-likeness (QED) is 0.612. The lowest BCUT2D eigenvalue weighted by Gasteiger charge is -2.08. The zero-order valence-corrected chi connectivity index (χ0v) is 6.40. The highest BCUT2D eigenvalue weighted by Crippen LogP contribution is 1.89. The van der Waals surface area contributed by atoms with E-state index in [0.717, 1.165) is 6.54 Å². The Morgan fingerprint density at radius 1 is 1.67 bits per heavy atom. The maximum Gasteiger partial charge on any atom is 0.131 e. The summed E-state index contributed by atoms with van der Waals surface area (Å²) in [4.78, 5) is 10.5. The number of ketones is 1. The van der Waals surface area contributed by atoms with Gasteiger partial charge in [-0.15, -0.1) is 0 Å². The molecule has 2 heteroatoms. The molecule has 1 atom stereocenters. The van der Waals surface area contributed by atoms with Gasteiger partial charge < -0.3 is 5.32 Å². The van der Waals surface area contributed by atoms with Crippen molar-refractivity contribution in [3.05, 3.63) is 0 Å². The molecule has 0 aliphatic rings. The molecule has 0 spiro atoms. The molecule has 0 amide bonds. The smallest absolute Gasteiger partial charge is 0.131 e. The van der Waals surface area contributed by atoms with Gasteiger partial charge in [-0.2, -0.15) is 0 Å². The van der Waals surface area contributed by atoms with Crippen molar-refractivity contribution in [2.75, 3.05) is 6.54 Å². The minimum absolute atomic E-state index is 0.253. The van der Waals surface area contributed by atoms with Crippen LogP contribution in [-0.4, -0.2) is 18.4 Å². The molecule has 0 aromatic rings. The Labute approximate surface area is 56.6 Å². The lowest BCUT2D eigenvalue weighted by atomic mass is 10.2. The highest BCUT2D eigenvalue weighted by Gasteiger charge is 2.00. The van der Waals surface area contributed by atoms with Gasteiger partial charge in [-0.3, -0.25) is 4.79 Å². The lowest BCUT2D eigenvalue weighted by molar-refractivity contribution is -0.117. The van der Waals surface area contributed by atoms with Gasteiger partial charge in [0.25, 0.3) is 0 Å². The molecule has 0 aromatic heterocycles. The molecule has 0 aliphatic heterocycles. The van der Waals surface area contributed by atoms with Crippen LogP contribution in [0.15, 0.2) is 0 Å². The molecular weight excluding hydrogens is 114 g/mol. The predicted octanol–water partition coefficient (Wildman–Crippen LogP) is 0.964. The fourth-order valence-electron chi connectivity index (χ4n) is 0.852. The van der Waals surface area contributed by atoms with Gasteiger partial charge in [-0.25, -0.2) is 0 Å². The van der Waals surface area contributed by atoms with E-state index in [1.165, 1.54) is 0 Å². The van der Waals surface area contributed by atoms with Crippen LogP contribution in [0.25, 0.3) is 0 Å². The van der Waals surface area contributed by atoms with E-state index in [-0.39, 0.29) is 5.78 Å². The zero-order valence-electron chi connectivity index (χ0n) is 6.40. The van der Waals surface area contributed by atoms with Crippen molar-refractivity contribution in [2.45, 2.75) is 33.2 Å². The highest BCUT2D eigenvalue weighted by molar-refractivity contribution is 5.76. The van der Waals surface area contributed by atoms with Crippen LogP contribution in [0.3, 0.4) is 0 Å². The van der Waals surface area contributed by atoms with Crippen molar-refractivity contribution >= 4 is 5.78 Å². The number of hydrogen-bond acceptors (Lipinski definition) is 2. The summed E-state index contributed by atoms with van der Waals surface area (Å²) in [6.07, 6.45) is 0.647. The maximum absolute atomic E-state index is 10.5. The van der Waals surface area contributed by atoms with Crippen molar-refractivity contribution in [1.82, 2.24) is 5.32 Å². The molecule has 0 aliphatic carbocycles. The fourth-order valence-corrected chi connectivity index (χ4v) is 0.852. The molecule has 0 bridgehead atoms. The Hall–Kier alpha value is -0.370. The molecule has 0 saturated heterocycles. The van der Waals surface area contributed by atoms with Gasteiger partial charge in [0.2, 0.25) is 0 Å². The average molecular weight is 129 g/mol. The Kier molecular flexibility index (Phi) is 4.32. The summed E-state index contributed by atoms with van der Waals surface area (Å²) in [7, 11) is 0. The van der Waals surface area contributed by atoms with Gasteiger partial charge in [0.1, 0.15) is 5.78 Å². The maximum atomic E-state index is 10.5. The van der Waals surface area contributed by atoms with Crippen molar-refractivity contribution in [2.24, 2.45) is 0 Å². The van der Waals surface area contributed by atoms with E-state index in [0.29, 0.717) is 12.5 Å². The zero-order chi connectivity index (χ0) is 7.28. The Morgan fingerprint density at radius 2 is 2.22 bits per heavy atom. The van der Waals surface area contributed by atoms with Gasteiger partial charge in [0, 0.05) is 12.5 Å². The third-order valence-corrected chi connectivity index (χ3v) is 1.15. The normalized spacial score (nSPS) is 13.2. The number of hydrogen-bond donors (Lipinski definition) is 1. The van der Waals surface area contributed by atoms with E-state index in [9.17, 15) is 4.79 Å². The van der Waals surface area contributed by atoms with Crippen LogP contribution in [0.2, 0.25) is 0 Å². The second-order valence-corrected chi connectivity index (χ2v) is 2.36. The topological polar surface area (TPSA) is 29.1 Å². The molecule has 0 fully saturated rings. The second-order valence-electron chi connectivity index (χ2n) is 2.36. The highest BCUT2D eigenvalue weighted by atomic mass is 16.1. The molecule has 9 heavy (non-hydrogen) atoms. The van der Waals surface area contributed by atoms with E-state index in [1.807, 2.05) is 13.8 Å². The van der Waals surface area contributed by atoms with Crippen LogP contribution in [0.5, 0.6) is 0 Å². The van der Waals surface area contributed by atoms with Gasteiger partial charge in [0.05, 0.1) is 0 Å². The van der Waals surface area contributed by atoms with Crippen LogP contribution in [0.4, 0.5) is 0 Å². The Morgan fingerprint density at radius 3 is 2.56 bits per heavy atom. The van der Waals surface area contributed by atoms with E-state index >= 15 is 0 Å². The van der Waals surface area contributed by atoms with Gasteiger partial charge >= 0.3 is 0 Å². The van der Waals surface area contributed by atoms with Crippen LogP contribution in [0, 0.1) is 0 Å². The van der Waals surface area contributed by atoms with Gasteiger partial charge in [0.15, 0.2) is 0 Å². The molecule has 0 aromatic carbocycles. The number of rotatable bonds is 4. The van der Waals surface area contributed by atoms with Gasteiger partial charge in [-0.05, 0) is 20.4 Å². The molecule has 54 valence electrons. The summed E-state index contributed by atoms with van der Waals surface area (Å²) in [5.74, 6) is 0.253. The van der Waals surface area contributed by atoms with Crippen LogP contribution < -0.4 is 5.32 Å². The number of carbonyl (C=O) groups is 1. The van der Waals surface area contributed by atoms with Crippen molar-refractivity contribution < 1.29 is 4.79 Å². The van der Waals surface area contributed by atoms with E-state index < -0.39 is 0 Å². The van der Waals surface area contributed by atoms with Crippen LogP contribution >= 0.6 is 0 Å². The van der Waals surface area contributed by atoms with Crippen molar-refractivity contribution in [3.63, 3.8) is 0 Å². The van der Waals surface area contributed by atoms with Crippen molar-refractivity contribution in [1.29, 1.82) is 0 Å². The fraction of sp³-hybridized carbons (Fsp3) is 0.857. The predicted molar refractivity (Wildman–Crippen MR) is 38.4 cm³/mol. The minimum atomic E-state index is 0.253. The van der Waals surface area contributed by atoms with E-state index in [2.05, 4.69) is 5.32 Å². The summed E-state index contributed by atoms with van der Waals surface area (Å²) in [6.45, 7) is 6.61. The minimum Gasteiger partial charge on any atom is -0.314 e. The largest absolute Gasteiger partial charge is 0.314 e. The first kappa shape index (κ1) is 8.63. The summed E-state index contributed by atoms with van der Waals surface area (Å²) < 4.78 is 0. The first-order valence-electron chi connectivity index (χ1n) is 3.39. The van der Waals surface area contributed by atoms with Gasteiger partial charge in [-0.1, -0.05) is 6.92 Å². The summed E-state index contributed by atoms with van der Waals surface area (Å²) in [5, 5.41) is 3.16. The summed E-state index contributed by atoms with van der Waals surface area (Å²) in [5.41, 5.74) is 0. The van der Waals surface area contributed by atoms with E-state index in [1.54, 1.807) is 6.92 Å². The average Bonchev–Trinajstić information content (AvgIpc) is 1.63. The SMILES string of the molecule is CCNC(C)CC(C)=O. The molecule has 0 heterocycles. The molecule has 0 rings (SSSR count). The summed E-state index contributed by atoms with van der Waals surface area (Å²) in [6, 6.07) is 0.340. The van der Waals surface area contributed by atoms with Crippen molar-refractivity contribution in [3.8, 4) is 0 Å². The molecule has 1 unspecified atom stereocenters. The number of carbonyl (C=O) groups excluding carboxylic acids is 1. The lowest BCUT2D eigenvalue weighted by Crippen LogP contribution is -2.27. The van der Waals surface area contributed by atoms with E-state index in [4.69, 9.17) is 0 Å². The molecule has 2 nitrogen and oxygen atoms in total. The first-order valence-corrected chi connectivity index (χ1v) is 3.39. The van der Waals surface area contributed by atoms with Crippen LogP contribution in [-0.2, 0) is 4.79 Å². The second kappa shape index (κ2) is 4.50.